The predicted octanol–water partition coefficient (Wildman–Crippen LogP) is 2.85. The van der Waals surface area contributed by atoms with Crippen molar-refractivity contribution >= 4 is 17.6 Å². The van der Waals surface area contributed by atoms with Crippen LogP contribution < -0.4 is 5.32 Å². The SMILES string of the molecule is Cc1ccc(C(=O)Nc2cccc(C)c2C(=O)O)o1. The van der Waals surface area contributed by atoms with Gasteiger partial charge in [0.25, 0.3) is 5.91 Å². The number of benzene rings is 1. The highest BCUT2D eigenvalue weighted by atomic mass is 16.4. The molecule has 0 unspecified atom stereocenters. The summed E-state index contributed by atoms with van der Waals surface area (Å²) in [6.07, 6.45) is 0. The molecule has 0 atom stereocenters. The number of aromatic carboxylic acids is 1. The molecule has 0 aliphatic rings. The van der Waals surface area contributed by atoms with E-state index in [9.17, 15) is 9.59 Å². The summed E-state index contributed by atoms with van der Waals surface area (Å²) in [6.45, 7) is 3.41. The lowest BCUT2D eigenvalue weighted by Crippen LogP contribution is -2.15. The standard InChI is InChI=1S/C14H13NO4/c1-8-4-3-5-10(12(8)14(17)18)15-13(16)11-7-6-9(2)19-11/h3-7H,1-2H3,(H,15,16)(H,17,18). The van der Waals surface area contributed by atoms with Crippen molar-refractivity contribution in [1.29, 1.82) is 0 Å². The number of amides is 1. The van der Waals surface area contributed by atoms with Crippen molar-refractivity contribution in [3.05, 3.63) is 53.0 Å². The maximum absolute atomic E-state index is 11.9. The summed E-state index contributed by atoms with van der Waals surface area (Å²) >= 11 is 0. The third-order valence-electron chi connectivity index (χ3n) is 2.70. The van der Waals surface area contributed by atoms with E-state index >= 15 is 0 Å². The third kappa shape index (κ3) is 2.65. The molecule has 0 saturated carbocycles. The number of carbonyl (C=O) groups excluding carboxylic acids is 1. The van der Waals surface area contributed by atoms with Crippen molar-refractivity contribution < 1.29 is 19.1 Å². The predicted molar refractivity (Wildman–Crippen MR) is 69.5 cm³/mol. The molecule has 1 amide bonds. The Morgan fingerprint density at radius 2 is 1.89 bits per heavy atom. The molecule has 0 spiro atoms. The van der Waals surface area contributed by atoms with Gasteiger partial charge in [0.1, 0.15) is 5.76 Å². The second-order valence-corrected chi connectivity index (χ2v) is 4.17. The number of anilines is 1. The fourth-order valence-corrected chi connectivity index (χ4v) is 1.80. The summed E-state index contributed by atoms with van der Waals surface area (Å²) in [5, 5.41) is 11.7. The minimum absolute atomic E-state index is 0.0825. The number of carboxylic acid groups (broad SMARTS) is 1. The third-order valence-corrected chi connectivity index (χ3v) is 2.70. The summed E-state index contributed by atoms with van der Waals surface area (Å²) < 4.78 is 5.19. The zero-order chi connectivity index (χ0) is 14.0. The Morgan fingerprint density at radius 1 is 1.16 bits per heavy atom. The second-order valence-electron chi connectivity index (χ2n) is 4.17. The normalized spacial score (nSPS) is 10.2. The molecule has 0 bridgehead atoms. The Balaban J connectivity index is 2.31. The molecule has 1 aromatic carbocycles. The van der Waals surface area contributed by atoms with Gasteiger partial charge < -0.3 is 14.8 Å². The lowest BCUT2D eigenvalue weighted by molar-refractivity contribution is 0.0697. The van der Waals surface area contributed by atoms with E-state index in [2.05, 4.69) is 5.32 Å². The van der Waals surface area contributed by atoms with Crippen LogP contribution >= 0.6 is 0 Å². The molecular formula is C14H13NO4. The molecule has 0 radical (unpaired) electrons. The molecule has 19 heavy (non-hydrogen) atoms. The molecule has 2 N–H and O–H groups in total. The van der Waals surface area contributed by atoms with Crippen LogP contribution in [0.25, 0.3) is 0 Å². The zero-order valence-electron chi connectivity index (χ0n) is 10.6. The summed E-state index contributed by atoms with van der Waals surface area (Å²) in [5.74, 6) is -0.784. The van der Waals surface area contributed by atoms with Crippen LogP contribution in [0, 0.1) is 13.8 Å². The number of rotatable bonds is 3. The minimum atomic E-state index is -1.08. The van der Waals surface area contributed by atoms with Crippen LogP contribution in [0.15, 0.2) is 34.7 Å². The average Bonchev–Trinajstić information content (AvgIpc) is 2.75. The number of hydrogen-bond donors (Lipinski definition) is 2. The second kappa shape index (κ2) is 4.97. The van der Waals surface area contributed by atoms with Gasteiger partial charge in [0.05, 0.1) is 11.3 Å². The number of carbonyl (C=O) groups is 2. The molecule has 98 valence electrons. The highest BCUT2D eigenvalue weighted by Gasteiger charge is 2.17. The average molecular weight is 259 g/mol. The summed E-state index contributed by atoms with van der Waals surface area (Å²) in [7, 11) is 0. The van der Waals surface area contributed by atoms with E-state index < -0.39 is 11.9 Å². The Bertz CT molecular complexity index is 643. The smallest absolute Gasteiger partial charge is 0.338 e. The minimum Gasteiger partial charge on any atom is -0.478 e. The molecular weight excluding hydrogens is 246 g/mol. The topological polar surface area (TPSA) is 79.5 Å². The summed E-state index contributed by atoms with van der Waals surface area (Å²) in [6, 6.07) is 8.12. The first-order chi connectivity index (χ1) is 8.99. The van der Waals surface area contributed by atoms with Gasteiger partial charge in [-0.25, -0.2) is 4.79 Å². The quantitative estimate of drug-likeness (QED) is 0.888. The number of carboxylic acids is 1. The van der Waals surface area contributed by atoms with Gasteiger partial charge in [-0.15, -0.1) is 0 Å². The van der Waals surface area contributed by atoms with E-state index in [-0.39, 0.29) is 17.0 Å². The number of nitrogens with one attached hydrogen (secondary N) is 1. The highest BCUT2D eigenvalue weighted by molar-refractivity contribution is 6.06. The van der Waals surface area contributed by atoms with Crippen molar-refractivity contribution in [3.8, 4) is 0 Å². The Morgan fingerprint density at radius 3 is 2.47 bits per heavy atom. The van der Waals surface area contributed by atoms with E-state index in [1.54, 1.807) is 44.2 Å². The van der Waals surface area contributed by atoms with Crippen LogP contribution in [0.1, 0.15) is 32.2 Å². The van der Waals surface area contributed by atoms with Crippen molar-refractivity contribution in [2.45, 2.75) is 13.8 Å². The molecule has 1 heterocycles. The molecule has 5 nitrogen and oxygen atoms in total. The van der Waals surface area contributed by atoms with Gasteiger partial charge in [0, 0.05) is 0 Å². The Kier molecular flexibility index (Phi) is 3.37. The van der Waals surface area contributed by atoms with Gasteiger partial charge in [-0.3, -0.25) is 4.79 Å². The van der Waals surface area contributed by atoms with Crippen LogP contribution in [-0.4, -0.2) is 17.0 Å². The van der Waals surface area contributed by atoms with Crippen molar-refractivity contribution in [2.75, 3.05) is 5.32 Å². The van der Waals surface area contributed by atoms with Crippen LogP contribution in [0.3, 0.4) is 0 Å². The molecule has 5 heteroatoms. The van der Waals surface area contributed by atoms with E-state index in [1.807, 2.05) is 0 Å². The molecule has 2 aromatic rings. The molecule has 1 aromatic heterocycles. The molecule has 0 fully saturated rings. The Labute approximate surface area is 109 Å². The molecule has 0 saturated heterocycles. The fraction of sp³-hybridized carbons (Fsp3) is 0.143. The van der Waals surface area contributed by atoms with Crippen LogP contribution in [0.4, 0.5) is 5.69 Å². The van der Waals surface area contributed by atoms with Gasteiger partial charge in [0.2, 0.25) is 0 Å². The maximum Gasteiger partial charge on any atom is 0.338 e. The highest BCUT2D eigenvalue weighted by Crippen LogP contribution is 2.20. The monoisotopic (exact) mass is 259 g/mol. The first kappa shape index (κ1) is 12.9. The Hall–Kier alpha value is -2.56. The maximum atomic E-state index is 11.9. The zero-order valence-corrected chi connectivity index (χ0v) is 10.6. The van der Waals surface area contributed by atoms with E-state index in [4.69, 9.17) is 9.52 Å². The van der Waals surface area contributed by atoms with Gasteiger partial charge in [0.15, 0.2) is 5.76 Å². The van der Waals surface area contributed by atoms with Gasteiger partial charge in [-0.05, 0) is 37.6 Å². The van der Waals surface area contributed by atoms with Crippen LogP contribution in [0.2, 0.25) is 0 Å². The van der Waals surface area contributed by atoms with Crippen LogP contribution in [0.5, 0.6) is 0 Å². The summed E-state index contributed by atoms with van der Waals surface area (Å²) in [4.78, 5) is 23.1. The van der Waals surface area contributed by atoms with Gasteiger partial charge in [-0.1, -0.05) is 12.1 Å². The molecule has 0 aliphatic carbocycles. The number of aryl methyl sites for hydroxylation is 2. The largest absolute Gasteiger partial charge is 0.478 e. The van der Waals surface area contributed by atoms with Gasteiger partial charge in [-0.2, -0.15) is 0 Å². The van der Waals surface area contributed by atoms with Crippen molar-refractivity contribution in [1.82, 2.24) is 0 Å². The lowest BCUT2D eigenvalue weighted by atomic mass is 10.1. The first-order valence-corrected chi connectivity index (χ1v) is 5.69. The number of hydrogen-bond acceptors (Lipinski definition) is 3. The van der Waals surface area contributed by atoms with Crippen LogP contribution in [-0.2, 0) is 0 Å². The van der Waals surface area contributed by atoms with E-state index in [0.29, 0.717) is 11.3 Å². The van der Waals surface area contributed by atoms with E-state index in [0.717, 1.165) is 0 Å². The first-order valence-electron chi connectivity index (χ1n) is 5.69. The van der Waals surface area contributed by atoms with Crippen molar-refractivity contribution in [2.24, 2.45) is 0 Å². The molecule has 0 aliphatic heterocycles. The van der Waals surface area contributed by atoms with E-state index in [1.165, 1.54) is 0 Å². The number of furan rings is 1. The molecule has 2 rings (SSSR count). The van der Waals surface area contributed by atoms with Crippen molar-refractivity contribution in [3.63, 3.8) is 0 Å². The summed E-state index contributed by atoms with van der Waals surface area (Å²) in [5.41, 5.74) is 0.923. The van der Waals surface area contributed by atoms with Gasteiger partial charge >= 0.3 is 5.97 Å². The lowest BCUT2D eigenvalue weighted by Gasteiger charge is -2.09. The fourth-order valence-electron chi connectivity index (χ4n) is 1.80.